The third kappa shape index (κ3) is 6.87. The van der Waals surface area contributed by atoms with E-state index in [0.717, 1.165) is 0 Å². The van der Waals surface area contributed by atoms with Crippen LogP contribution in [0.2, 0.25) is 0 Å². The number of rotatable bonds is 7. The quantitative estimate of drug-likeness (QED) is 0.640. The van der Waals surface area contributed by atoms with Gasteiger partial charge in [-0.1, -0.05) is 30.3 Å². The number of nitrogens with one attached hydrogen (secondary N) is 2. The lowest BCUT2D eigenvalue weighted by Gasteiger charge is -2.18. The van der Waals surface area contributed by atoms with Crippen LogP contribution in [-0.4, -0.2) is 55.4 Å². The summed E-state index contributed by atoms with van der Waals surface area (Å²) in [6.45, 7) is 2.05. The standard InChI is InChI=1S/C17H22N2O6S2/c1-2-18-17(22)19-16(21)15(12-6-4-3-5-7-12)25-14(20)10-26-13-8-9-27(23,24)11-13/h3-7,13,15H,2,8-11H2,1H3,(H2,18,19,21,22)/t13-,15+/m1/s1. The van der Waals surface area contributed by atoms with Crippen LogP contribution in [0.5, 0.6) is 0 Å². The van der Waals surface area contributed by atoms with Crippen LogP contribution < -0.4 is 10.6 Å². The average molecular weight is 415 g/mol. The molecule has 0 saturated carbocycles. The van der Waals surface area contributed by atoms with Crippen molar-refractivity contribution < 1.29 is 27.5 Å². The monoisotopic (exact) mass is 414 g/mol. The van der Waals surface area contributed by atoms with Gasteiger partial charge in [-0.05, 0) is 13.3 Å². The second kappa shape index (κ2) is 9.75. The Kier molecular flexibility index (Phi) is 7.66. The first-order valence-corrected chi connectivity index (χ1v) is 11.3. The number of esters is 1. The van der Waals surface area contributed by atoms with E-state index in [4.69, 9.17) is 4.74 Å². The largest absolute Gasteiger partial charge is 0.447 e. The highest BCUT2D eigenvalue weighted by atomic mass is 32.2. The highest BCUT2D eigenvalue weighted by Gasteiger charge is 2.30. The van der Waals surface area contributed by atoms with Gasteiger partial charge in [-0.2, -0.15) is 0 Å². The van der Waals surface area contributed by atoms with Crippen LogP contribution in [-0.2, 0) is 24.2 Å². The van der Waals surface area contributed by atoms with E-state index in [1.807, 2.05) is 0 Å². The predicted octanol–water partition coefficient (Wildman–Crippen LogP) is 1.04. The molecule has 1 saturated heterocycles. The molecule has 2 atom stereocenters. The molecule has 0 spiro atoms. The van der Waals surface area contributed by atoms with Crippen LogP contribution in [0.4, 0.5) is 4.79 Å². The van der Waals surface area contributed by atoms with Crippen molar-refractivity contribution >= 4 is 39.5 Å². The van der Waals surface area contributed by atoms with Crippen molar-refractivity contribution in [3.05, 3.63) is 35.9 Å². The number of carbonyl (C=O) groups excluding carboxylic acids is 3. The molecule has 2 N–H and O–H groups in total. The van der Waals surface area contributed by atoms with Gasteiger partial charge in [-0.3, -0.25) is 14.9 Å². The number of benzene rings is 1. The molecular weight excluding hydrogens is 392 g/mol. The van der Waals surface area contributed by atoms with Crippen molar-refractivity contribution in [2.24, 2.45) is 0 Å². The average Bonchev–Trinajstić information content (AvgIpc) is 2.97. The maximum absolute atomic E-state index is 12.4. The summed E-state index contributed by atoms with van der Waals surface area (Å²) >= 11 is 1.20. The molecule has 0 radical (unpaired) electrons. The van der Waals surface area contributed by atoms with E-state index in [2.05, 4.69) is 10.6 Å². The Bertz CT molecular complexity index is 782. The first-order valence-electron chi connectivity index (χ1n) is 8.46. The molecule has 3 amide bonds. The van der Waals surface area contributed by atoms with Gasteiger partial charge in [0.05, 0.1) is 17.3 Å². The van der Waals surface area contributed by atoms with Crippen LogP contribution in [0.25, 0.3) is 0 Å². The maximum Gasteiger partial charge on any atom is 0.321 e. The Hall–Kier alpha value is -2.07. The van der Waals surface area contributed by atoms with E-state index >= 15 is 0 Å². The number of amides is 3. The lowest BCUT2D eigenvalue weighted by molar-refractivity contribution is -0.153. The first-order chi connectivity index (χ1) is 12.8. The van der Waals surface area contributed by atoms with E-state index in [1.54, 1.807) is 37.3 Å². The van der Waals surface area contributed by atoms with Crippen molar-refractivity contribution in [1.82, 2.24) is 10.6 Å². The van der Waals surface area contributed by atoms with Crippen LogP contribution in [0.3, 0.4) is 0 Å². The Morgan fingerprint density at radius 3 is 2.56 bits per heavy atom. The number of hydrogen-bond acceptors (Lipinski definition) is 7. The number of imide groups is 1. The molecule has 1 fully saturated rings. The van der Waals surface area contributed by atoms with Gasteiger partial charge in [-0.15, -0.1) is 11.8 Å². The third-order valence-electron chi connectivity index (χ3n) is 3.79. The zero-order valence-electron chi connectivity index (χ0n) is 14.8. The van der Waals surface area contributed by atoms with Crippen LogP contribution in [0.15, 0.2) is 30.3 Å². The lowest BCUT2D eigenvalue weighted by Crippen LogP contribution is -2.42. The normalized spacial score (nSPS) is 19.1. The summed E-state index contributed by atoms with van der Waals surface area (Å²) in [5.74, 6) is -1.30. The Balaban J connectivity index is 1.98. The molecule has 27 heavy (non-hydrogen) atoms. The van der Waals surface area contributed by atoms with Crippen molar-refractivity contribution in [3.8, 4) is 0 Å². The zero-order chi connectivity index (χ0) is 19.9. The number of ether oxygens (including phenoxy) is 1. The van der Waals surface area contributed by atoms with E-state index in [-0.39, 0.29) is 22.5 Å². The van der Waals surface area contributed by atoms with Gasteiger partial charge in [0.15, 0.2) is 9.84 Å². The second-order valence-electron chi connectivity index (χ2n) is 5.97. The number of carbonyl (C=O) groups is 3. The number of urea groups is 1. The summed E-state index contributed by atoms with van der Waals surface area (Å²) in [6, 6.07) is 7.68. The van der Waals surface area contributed by atoms with Gasteiger partial charge in [0.25, 0.3) is 5.91 Å². The van der Waals surface area contributed by atoms with E-state index in [9.17, 15) is 22.8 Å². The predicted molar refractivity (Wildman–Crippen MR) is 102 cm³/mol. The van der Waals surface area contributed by atoms with E-state index in [0.29, 0.717) is 18.5 Å². The summed E-state index contributed by atoms with van der Waals surface area (Å²) < 4.78 is 28.2. The van der Waals surface area contributed by atoms with Gasteiger partial charge in [0, 0.05) is 17.4 Å². The number of hydrogen-bond donors (Lipinski definition) is 2. The highest BCUT2D eigenvalue weighted by molar-refractivity contribution is 8.02. The summed E-state index contributed by atoms with van der Waals surface area (Å²) in [7, 11) is -3.02. The minimum atomic E-state index is -3.02. The zero-order valence-corrected chi connectivity index (χ0v) is 16.5. The van der Waals surface area contributed by atoms with E-state index < -0.39 is 33.8 Å². The smallest absolute Gasteiger partial charge is 0.321 e. The Morgan fingerprint density at radius 1 is 1.26 bits per heavy atom. The van der Waals surface area contributed by atoms with Gasteiger partial charge < -0.3 is 10.1 Å². The summed E-state index contributed by atoms with van der Waals surface area (Å²) in [4.78, 5) is 36.2. The Labute approximate surface area is 162 Å². The molecule has 8 nitrogen and oxygen atoms in total. The number of sulfone groups is 1. The van der Waals surface area contributed by atoms with E-state index in [1.165, 1.54) is 11.8 Å². The molecule has 0 unspecified atom stereocenters. The molecule has 2 rings (SSSR count). The van der Waals surface area contributed by atoms with Crippen molar-refractivity contribution in [3.63, 3.8) is 0 Å². The van der Waals surface area contributed by atoms with Gasteiger partial charge in [-0.25, -0.2) is 13.2 Å². The van der Waals surface area contributed by atoms with Crippen molar-refractivity contribution in [1.29, 1.82) is 0 Å². The molecule has 0 bridgehead atoms. The van der Waals surface area contributed by atoms with Gasteiger partial charge in [0.2, 0.25) is 6.10 Å². The maximum atomic E-state index is 12.4. The molecule has 1 heterocycles. The summed E-state index contributed by atoms with van der Waals surface area (Å²) in [6.07, 6.45) is -0.769. The van der Waals surface area contributed by atoms with Gasteiger partial charge >= 0.3 is 12.0 Å². The molecule has 148 valence electrons. The molecule has 1 aliphatic rings. The second-order valence-corrected chi connectivity index (χ2v) is 9.48. The molecule has 1 aliphatic heterocycles. The Morgan fingerprint density at radius 2 is 1.96 bits per heavy atom. The van der Waals surface area contributed by atoms with Crippen molar-refractivity contribution in [2.45, 2.75) is 24.7 Å². The summed E-state index contributed by atoms with van der Waals surface area (Å²) in [5.41, 5.74) is 0.432. The topological polar surface area (TPSA) is 119 Å². The SMILES string of the molecule is CCNC(=O)NC(=O)[C@@H](OC(=O)CS[C@@H]1CCS(=O)(=O)C1)c1ccccc1. The molecule has 0 aromatic heterocycles. The minimum absolute atomic E-state index is 0.0464. The van der Waals surface area contributed by atoms with Crippen LogP contribution in [0, 0.1) is 0 Å². The fraction of sp³-hybridized carbons (Fsp3) is 0.471. The minimum Gasteiger partial charge on any atom is -0.447 e. The highest BCUT2D eigenvalue weighted by Crippen LogP contribution is 2.25. The molecule has 0 aliphatic carbocycles. The third-order valence-corrected chi connectivity index (χ3v) is 7.05. The molecule has 1 aromatic rings. The van der Waals surface area contributed by atoms with Crippen molar-refractivity contribution in [2.75, 3.05) is 23.8 Å². The first kappa shape index (κ1) is 21.2. The molecule has 10 heteroatoms. The lowest BCUT2D eigenvalue weighted by atomic mass is 10.1. The number of thioether (sulfide) groups is 1. The fourth-order valence-electron chi connectivity index (χ4n) is 2.53. The molecule has 1 aromatic carbocycles. The fourth-order valence-corrected chi connectivity index (χ4v) is 5.95. The molecular formula is C17H22N2O6S2. The van der Waals surface area contributed by atoms with Gasteiger partial charge in [0.1, 0.15) is 0 Å². The van der Waals surface area contributed by atoms with Crippen LogP contribution in [0.1, 0.15) is 25.0 Å². The summed E-state index contributed by atoms with van der Waals surface area (Å²) in [5, 5.41) is 4.42. The van der Waals surface area contributed by atoms with Crippen LogP contribution >= 0.6 is 11.8 Å².